The molecule has 2 rings (SSSR count). The Labute approximate surface area is 131 Å². The van der Waals surface area contributed by atoms with Gasteiger partial charge in [-0.1, -0.05) is 67.8 Å². The van der Waals surface area contributed by atoms with Gasteiger partial charge in [0.2, 0.25) is 0 Å². The van der Waals surface area contributed by atoms with Crippen LogP contribution in [0.4, 0.5) is 0 Å². The molecule has 0 aliphatic rings. The number of hydrogen-bond acceptors (Lipinski definition) is 1. The molecule has 0 bridgehead atoms. The molecule has 1 N–H and O–H groups in total. The van der Waals surface area contributed by atoms with Crippen molar-refractivity contribution in [3.05, 3.63) is 68.1 Å². The Balaban J connectivity index is 2.30. The third-order valence-electron chi connectivity index (χ3n) is 3.26. The quantitative estimate of drug-likeness (QED) is 0.782. The van der Waals surface area contributed by atoms with E-state index >= 15 is 0 Å². The second-order valence-corrected chi connectivity index (χ2v) is 6.37. The van der Waals surface area contributed by atoms with E-state index in [-0.39, 0.29) is 0 Å². The van der Waals surface area contributed by atoms with Crippen LogP contribution < -0.4 is 5.32 Å². The highest BCUT2D eigenvalue weighted by Crippen LogP contribution is 2.29. The first-order valence-electron chi connectivity index (χ1n) is 6.28. The molecule has 0 spiro atoms. The largest absolute Gasteiger partial charge is 0.313 e. The number of hydrogen-bond donors (Lipinski definition) is 1. The predicted molar refractivity (Wildman–Crippen MR) is 88.5 cm³/mol. The van der Waals surface area contributed by atoms with Crippen molar-refractivity contribution in [1.29, 1.82) is 0 Å². The lowest BCUT2D eigenvalue weighted by Gasteiger charge is -2.19. The van der Waals surface area contributed by atoms with Crippen LogP contribution in [0, 0.1) is 6.92 Å². The summed E-state index contributed by atoms with van der Waals surface area (Å²) in [7, 11) is 2.01. The smallest absolute Gasteiger partial charge is 0.0370 e. The van der Waals surface area contributed by atoms with Crippen LogP contribution in [0.5, 0.6) is 0 Å². The van der Waals surface area contributed by atoms with Gasteiger partial charge in [-0.15, -0.1) is 0 Å². The first-order chi connectivity index (χ1) is 9.11. The lowest BCUT2D eigenvalue weighted by atomic mass is 9.98. The average molecular weight is 383 g/mol. The van der Waals surface area contributed by atoms with Gasteiger partial charge in [0, 0.05) is 15.0 Å². The molecule has 0 amide bonds. The number of benzene rings is 2. The topological polar surface area (TPSA) is 12.0 Å². The third kappa shape index (κ3) is 3.68. The van der Waals surface area contributed by atoms with Crippen LogP contribution in [0.15, 0.2) is 51.4 Å². The fourth-order valence-corrected chi connectivity index (χ4v) is 3.15. The van der Waals surface area contributed by atoms with Crippen LogP contribution in [0.25, 0.3) is 0 Å². The molecule has 0 fully saturated rings. The zero-order valence-corrected chi connectivity index (χ0v) is 14.3. The summed E-state index contributed by atoms with van der Waals surface area (Å²) in [5.41, 5.74) is 3.90. The van der Waals surface area contributed by atoms with E-state index < -0.39 is 0 Å². The summed E-state index contributed by atoms with van der Waals surface area (Å²) in [4.78, 5) is 0. The summed E-state index contributed by atoms with van der Waals surface area (Å²) in [5, 5.41) is 3.41. The summed E-state index contributed by atoms with van der Waals surface area (Å²) in [6, 6.07) is 15.2. The van der Waals surface area contributed by atoms with Crippen molar-refractivity contribution in [2.24, 2.45) is 0 Å². The van der Waals surface area contributed by atoms with E-state index in [4.69, 9.17) is 0 Å². The van der Waals surface area contributed by atoms with Crippen molar-refractivity contribution >= 4 is 31.9 Å². The number of likely N-dealkylation sites (N-methyl/N-ethyl adjacent to an activating group) is 1. The fraction of sp³-hybridized carbons (Fsp3) is 0.250. The Morgan fingerprint density at radius 3 is 2.47 bits per heavy atom. The van der Waals surface area contributed by atoms with Crippen LogP contribution in [0.2, 0.25) is 0 Å². The highest BCUT2D eigenvalue weighted by Gasteiger charge is 2.14. The third-order valence-corrected chi connectivity index (χ3v) is 4.75. The summed E-state index contributed by atoms with van der Waals surface area (Å²) in [6.07, 6.45) is 0.958. The van der Waals surface area contributed by atoms with E-state index in [2.05, 4.69) is 80.5 Å². The van der Waals surface area contributed by atoms with E-state index in [1.54, 1.807) is 0 Å². The second kappa shape index (κ2) is 6.69. The molecule has 0 aliphatic carbocycles. The Hall–Kier alpha value is -0.640. The van der Waals surface area contributed by atoms with Gasteiger partial charge >= 0.3 is 0 Å². The van der Waals surface area contributed by atoms with E-state index in [9.17, 15) is 0 Å². The Morgan fingerprint density at radius 2 is 1.79 bits per heavy atom. The van der Waals surface area contributed by atoms with Crippen molar-refractivity contribution in [3.8, 4) is 0 Å². The predicted octanol–water partition coefficient (Wildman–Crippen LogP) is 5.02. The molecule has 1 atom stereocenters. The van der Waals surface area contributed by atoms with Crippen molar-refractivity contribution in [3.63, 3.8) is 0 Å². The molecule has 0 radical (unpaired) electrons. The van der Waals surface area contributed by atoms with Gasteiger partial charge in [-0.2, -0.15) is 0 Å². The molecular weight excluding hydrogens is 366 g/mol. The van der Waals surface area contributed by atoms with Gasteiger partial charge in [0.05, 0.1) is 0 Å². The minimum absolute atomic E-state index is 0.299. The van der Waals surface area contributed by atoms with Crippen molar-refractivity contribution in [2.45, 2.75) is 19.4 Å². The average Bonchev–Trinajstić information content (AvgIpc) is 2.41. The number of aryl methyl sites for hydroxylation is 1. The minimum atomic E-state index is 0.299. The van der Waals surface area contributed by atoms with E-state index in [1.165, 1.54) is 21.2 Å². The summed E-state index contributed by atoms with van der Waals surface area (Å²) in [5.74, 6) is 0. The maximum absolute atomic E-state index is 3.65. The molecule has 1 unspecified atom stereocenters. The molecule has 100 valence electrons. The van der Waals surface area contributed by atoms with Gasteiger partial charge in [0.15, 0.2) is 0 Å². The molecule has 3 heteroatoms. The maximum Gasteiger partial charge on any atom is 0.0370 e. The van der Waals surface area contributed by atoms with Crippen molar-refractivity contribution in [1.82, 2.24) is 5.32 Å². The second-order valence-electron chi connectivity index (χ2n) is 4.66. The van der Waals surface area contributed by atoms with Crippen LogP contribution in [-0.4, -0.2) is 7.05 Å². The van der Waals surface area contributed by atoms with Crippen molar-refractivity contribution < 1.29 is 0 Å². The van der Waals surface area contributed by atoms with Crippen LogP contribution in [0.1, 0.15) is 22.7 Å². The van der Waals surface area contributed by atoms with Crippen LogP contribution in [-0.2, 0) is 6.42 Å². The highest BCUT2D eigenvalue weighted by atomic mass is 79.9. The molecule has 1 nitrogen and oxygen atoms in total. The number of rotatable bonds is 4. The maximum atomic E-state index is 3.65. The lowest BCUT2D eigenvalue weighted by molar-refractivity contribution is 0.588. The normalized spacial score (nSPS) is 12.4. The summed E-state index contributed by atoms with van der Waals surface area (Å²) < 4.78 is 2.32. The van der Waals surface area contributed by atoms with Crippen LogP contribution >= 0.6 is 31.9 Å². The van der Waals surface area contributed by atoms with Crippen molar-refractivity contribution in [2.75, 3.05) is 7.05 Å². The SMILES string of the molecule is CNC(Cc1ccccc1Br)c1cc(C)ccc1Br. The van der Waals surface area contributed by atoms with Gasteiger partial charge in [0.1, 0.15) is 0 Å². The first-order valence-corrected chi connectivity index (χ1v) is 7.87. The Morgan fingerprint density at radius 1 is 1.05 bits per heavy atom. The monoisotopic (exact) mass is 381 g/mol. The molecule has 2 aromatic rings. The first kappa shape index (κ1) is 14.8. The molecule has 0 heterocycles. The van der Waals surface area contributed by atoms with Gasteiger partial charge < -0.3 is 5.32 Å². The highest BCUT2D eigenvalue weighted by molar-refractivity contribution is 9.10. The molecular formula is C16H17Br2N. The van der Waals surface area contributed by atoms with E-state index in [0.29, 0.717) is 6.04 Å². The van der Waals surface area contributed by atoms with Crippen LogP contribution in [0.3, 0.4) is 0 Å². The zero-order valence-electron chi connectivity index (χ0n) is 11.1. The van der Waals surface area contributed by atoms with Gasteiger partial charge in [0.25, 0.3) is 0 Å². The van der Waals surface area contributed by atoms with E-state index in [1.807, 2.05) is 13.1 Å². The summed E-state index contributed by atoms with van der Waals surface area (Å²) >= 11 is 7.27. The molecule has 0 saturated carbocycles. The zero-order chi connectivity index (χ0) is 13.8. The Bertz CT molecular complexity index is 566. The van der Waals surface area contributed by atoms with Gasteiger partial charge in [-0.3, -0.25) is 0 Å². The Kier molecular flexibility index (Phi) is 5.20. The number of nitrogens with one attached hydrogen (secondary N) is 1. The molecule has 0 saturated heterocycles. The molecule has 0 aromatic heterocycles. The van der Waals surface area contributed by atoms with Gasteiger partial charge in [-0.25, -0.2) is 0 Å². The van der Waals surface area contributed by atoms with Gasteiger partial charge in [-0.05, 0) is 43.7 Å². The summed E-state index contributed by atoms with van der Waals surface area (Å²) in [6.45, 7) is 2.13. The standard InChI is InChI=1S/C16H17Br2N/c1-11-7-8-15(18)13(9-11)16(19-2)10-12-5-3-4-6-14(12)17/h3-9,16,19H,10H2,1-2H3. The number of halogens is 2. The minimum Gasteiger partial charge on any atom is -0.313 e. The lowest BCUT2D eigenvalue weighted by Crippen LogP contribution is -2.19. The molecule has 0 aliphatic heterocycles. The fourth-order valence-electron chi connectivity index (χ4n) is 2.18. The molecule has 2 aromatic carbocycles. The molecule has 19 heavy (non-hydrogen) atoms. The van der Waals surface area contributed by atoms with E-state index in [0.717, 1.165) is 10.9 Å².